The molecule has 0 radical (unpaired) electrons. The lowest BCUT2D eigenvalue weighted by Crippen LogP contribution is -2.30. The molecule has 1 aromatic heterocycles. The van der Waals surface area contributed by atoms with E-state index in [-0.39, 0.29) is 30.2 Å². The Bertz CT molecular complexity index is 972. The van der Waals surface area contributed by atoms with Gasteiger partial charge in [-0.1, -0.05) is 41.9 Å². The van der Waals surface area contributed by atoms with Crippen LogP contribution in [0.25, 0.3) is 5.69 Å². The molecule has 7 heteroatoms. The van der Waals surface area contributed by atoms with E-state index in [9.17, 15) is 4.79 Å². The molecule has 0 unspecified atom stereocenters. The van der Waals surface area contributed by atoms with Gasteiger partial charge in [0.25, 0.3) is 5.91 Å². The number of carbonyl (C=O) groups is 1. The van der Waals surface area contributed by atoms with Gasteiger partial charge in [-0.3, -0.25) is 4.79 Å². The van der Waals surface area contributed by atoms with E-state index in [4.69, 9.17) is 17.3 Å². The summed E-state index contributed by atoms with van der Waals surface area (Å²) in [5.74, 6) is 0.536. The van der Waals surface area contributed by atoms with E-state index in [1.54, 1.807) is 10.9 Å². The molecule has 5 nitrogen and oxygen atoms in total. The Hall–Kier alpha value is -2.34. The van der Waals surface area contributed by atoms with Crippen LogP contribution in [-0.2, 0) is 0 Å². The Morgan fingerprint density at radius 2 is 1.83 bits per heavy atom. The summed E-state index contributed by atoms with van der Waals surface area (Å²) in [5, 5.41) is 5.09. The second kappa shape index (κ2) is 8.99. The minimum absolute atomic E-state index is 0. The molecule has 2 N–H and O–H groups in total. The normalized spacial score (nSPS) is 18.5. The first-order valence-electron chi connectivity index (χ1n) is 9.43. The van der Waals surface area contributed by atoms with Crippen molar-refractivity contribution in [1.82, 2.24) is 14.7 Å². The van der Waals surface area contributed by atoms with Gasteiger partial charge in [-0.2, -0.15) is 5.10 Å². The Morgan fingerprint density at radius 1 is 1.14 bits per heavy atom. The van der Waals surface area contributed by atoms with Gasteiger partial charge in [0, 0.05) is 24.0 Å². The predicted octanol–water partition coefficient (Wildman–Crippen LogP) is 4.07. The van der Waals surface area contributed by atoms with Crippen molar-refractivity contribution in [2.45, 2.75) is 12.8 Å². The number of aromatic nitrogens is 2. The maximum Gasteiger partial charge on any atom is 0.257 e. The average molecular weight is 431 g/mol. The number of amides is 1. The van der Waals surface area contributed by atoms with Crippen LogP contribution in [0.5, 0.6) is 0 Å². The third kappa shape index (κ3) is 4.17. The van der Waals surface area contributed by atoms with E-state index in [1.807, 2.05) is 54.3 Å². The molecule has 1 saturated heterocycles. The lowest BCUT2D eigenvalue weighted by molar-refractivity contribution is 0.0785. The summed E-state index contributed by atoms with van der Waals surface area (Å²) in [4.78, 5) is 15.1. The summed E-state index contributed by atoms with van der Waals surface area (Å²) in [5.41, 5.74) is 9.58. The van der Waals surface area contributed by atoms with Gasteiger partial charge >= 0.3 is 0 Å². The van der Waals surface area contributed by atoms with E-state index in [0.29, 0.717) is 30.2 Å². The zero-order valence-corrected chi connectivity index (χ0v) is 17.7. The number of carbonyl (C=O) groups excluding carboxylic acids is 1. The van der Waals surface area contributed by atoms with Crippen LogP contribution in [0.4, 0.5) is 0 Å². The minimum atomic E-state index is 0. The predicted molar refractivity (Wildman–Crippen MR) is 118 cm³/mol. The molecule has 2 atom stereocenters. The Balaban J connectivity index is 0.00000240. The Kier molecular flexibility index (Phi) is 6.63. The molecule has 29 heavy (non-hydrogen) atoms. The zero-order valence-electron chi connectivity index (χ0n) is 16.2. The van der Waals surface area contributed by atoms with Gasteiger partial charge < -0.3 is 10.6 Å². The molecular formula is C22H24Cl2N4O. The summed E-state index contributed by atoms with van der Waals surface area (Å²) in [6, 6.07) is 17.7. The molecule has 4 rings (SSSR count). The van der Waals surface area contributed by atoms with Crippen molar-refractivity contribution < 1.29 is 4.79 Å². The van der Waals surface area contributed by atoms with E-state index < -0.39 is 0 Å². The second-order valence-electron chi connectivity index (χ2n) is 7.25. The highest BCUT2D eigenvalue weighted by Gasteiger charge is 2.36. The van der Waals surface area contributed by atoms with Crippen molar-refractivity contribution >= 4 is 29.9 Å². The minimum Gasteiger partial charge on any atom is -0.338 e. The van der Waals surface area contributed by atoms with E-state index in [0.717, 1.165) is 11.4 Å². The maximum atomic E-state index is 13.2. The summed E-state index contributed by atoms with van der Waals surface area (Å²) in [6.07, 6.45) is 1.65. The van der Waals surface area contributed by atoms with Gasteiger partial charge in [0.2, 0.25) is 0 Å². The fraction of sp³-hybridized carbons (Fsp3) is 0.273. The van der Waals surface area contributed by atoms with Crippen LogP contribution in [-0.4, -0.2) is 40.2 Å². The van der Waals surface area contributed by atoms with E-state index in [1.165, 1.54) is 5.56 Å². The number of hydrogen-bond donors (Lipinski definition) is 1. The van der Waals surface area contributed by atoms with Crippen molar-refractivity contribution in [3.05, 3.63) is 82.6 Å². The fourth-order valence-electron chi connectivity index (χ4n) is 3.99. The third-order valence-corrected chi connectivity index (χ3v) is 5.82. The van der Waals surface area contributed by atoms with Crippen LogP contribution < -0.4 is 5.73 Å². The van der Waals surface area contributed by atoms with Gasteiger partial charge in [0.1, 0.15) is 0 Å². The molecule has 1 amide bonds. The topological polar surface area (TPSA) is 64.2 Å². The summed E-state index contributed by atoms with van der Waals surface area (Å²) in [6.45, 7) is 3.82. The van der Waals surface area contributed by atoms with Crippen LogP contribution in [0.2, 0.25) is 5.02 Å². The van der Waals surface area contributed by atoms with Crippen LogP contribution in [0.15, 0.2) is 60.8 Å². The molecule has 0 bridgehead atoms. The SMILES string of the molecule is Cc1c(C(=O)N2C[C@@H](CN)[C@H](c3ccccc3)C2)cnn1-c1ccc(Cl)cc1.Cl. The summed E-state index contributed by atoms with van der Waals surface area (Å²) in [7, 11) is 0. The average Bonchev–Trinajstić information content (AvgIpc) is 3.33. The smallest absolute Gasteiger partial charge is 0.257 e. The highest BCUT2D eigenvalue weighted by molar-refractivity contribution is 6.30. The largest absolute Gasteiger partial charge is 0.338 e. The molecule has 2 heterocycles. The maximum absolute atomic E-state index is 13.2. The lowest BCUT2D eigenvalue weighted by atomic mass is 9.89. The monoisotopic (exact) mass is 430 g/mol. The number of rotatable bonds is 4. The van der Waals surface area contributed by atoms with Gasteiger partial charge in [-0.15, -0.1) is 12.4 Å². The highest BCUT2D eigenvalue weighted by Crippen LogP contribution is 2.33. The van der Waals surface area contributed by atoms with E-state index in [2.05, 4.69) is 17.2 Å². The molecule has 152 valence electrons. The molecule has 0 aliphatic carbocycles. The van der Waals surface area contributed by atoms with Gasteiger partial charge in [-0.25, -0.2) is 4.68 Å². The molecule has 3 aromatic rings. The van der Waals surface area contributed by atoms with Crippen LogP contribution in [0.3, 0.4) is 0 Å². The number of halogens is 2. The van der Waals surface area contributed by atoms with Crippen molar-refractivity contribution in [2.75, 3.05) is 19.6 Å². The zero-order chi connectivity index (χ0) is 19.7. The fourth-order valence-corrected chi connectivity index (χ4v) is 4.11. The van der Waals surface area contributed by atoms with Crippen molar-refractivity contribution in [1.29, 1.82) is 0 Å². The van der Waals surface area contributed by atoms with Crippen LogP contribution in [0, 0.1) is 12.8 Å². The molecular weight excluding hydrogens is 407 g/mol. The molecule has 0 spiro atoms. The van der Waals surface area contributed by atoms with Crippen LogP contribution >= 0.6 is 24.0 Å². The van der Waals surface area contributed by atoms with Gasteiger partial charge in [0.05, 0.1) is 23.1 Å². The van der Waals surface area contributed by atoms with Gasteiger partial charge in [-0.05, 0) is 49.2 Å². The third-order valence-electron chi connectivity index (χ3n) is 5.57. The van der Waals surface area contributed by atoms with Crippen molar-refractivity contribution in [3.8, 4) is 5.69 Å². The molecule has 1 aliphatic rings. The Labute approximate surface area is 181 Å². The molecule has 0 saturated carbocycles. The molecule has 1 fully saturated rings. The van der Waals surface area contributed by atoms with Crippen LogP contribution in [0.1, 0.15) is 27.5 Å². The number of benzene rings is 2. The lowest BCUT2D eigenvalue weighted by Gasteiger charge is -2.17. The van der Waals surface area contributed by atoms with Crippen molar-refractivity contribution in [3.63, 3.8) is 0 Å². The highest BCUT2D eigenvalue weighted by atomic mass is 35.5. The van der Waals surface area contributed by atoms with E-state index >= 15 is 0 Å². The van der Waals surface area contributed by atoms with Crippen molar-refractivity contribution in [2.24, 2.45) is 11.7 Å². The number of nitrogens with zero attached hydrogens (tertiary/aromatic N) is 3. The summed E-state index contributed by atoms with van der Waals surface area (Å²) >= 11 is 5.97. The molecule has 2 aromatic carbocycles. The second-order valence-corrected chi connectivity index (χ2v) is 7.69. The number of hydrogen-bond acceptors (Lipinski definition) is 3. The standard InChI is InChI=1S/C22H23ClN4O.ClH/c1-15-20(12-25-27(15)19-9-7-18(23)8-10-19)22(28)26-13-17(11-24)21(14-26)16-5-3-2-4-6-16;/h2-10,12,17,21H,11,13-14,24H2,1H3;1H/t17-,21+;/m1./s1. The van der Waals surface area contributed by atoms with Gasteiger partial charge in [0.15, 0.2) is 0 Å². The quantitative estimate of drug-likeness (QED) is 0.678. The first kappa shape index (κ1) is 21.4. The Morgan fingerprint density at radius 3 is 2.48 bits per heavy atom. The molecule has 1 aliphatic heterocycles. The first-order valence-corrected chi connectivity index (χ1v) is 9.81. The number of nitrogens with two attached hydrogens (primary N) is 1. The first-order chi connectivity index (χ1) is 13.6. The summed E-state index contributed by atoms with van der Waals surface area (Å²) < 4.78 is 1.77. The number of likely N-dealkylation sites (tertiary alicyclic amines) is 1.